The number of aliphatic hydroxyl groups is 1. The van der Waals surface area contributed by atoms with Crippen molar-refractivity contribution in [3.63, 3.8) is 0 Å². The number of ether oxygens (including phenoxy) is 2. The molecule has 1 heterocycles. The molecule has 0 saturated carbocycles. The van der Waals surface area contributed by atoms with Crippen molar-refractivity contribution in [1.82, 2.24) is 9.80 Å². The van der Waals surface area contributed by atoms with Crippen LogP contribution in [0.3, 0.4) is 0 Å². The van der Waals surface area contributed by atoms with E-state index in [0.717, 1.165) is 52.0 Å². The second-order valence-electron chi connectivity index (χ2n) is 6.96. The zero-order valence-electron chi connectivity index (χ0n) is 15.7. The van der Waals surface area contributed by atoms with E-state index >= 15 is 0 Å². The minimum absolute atomic E-state index is 0.165. The lowest BCUT2D eigenvalue weighted by molar-refractivity contribution is 0.0654. The molecule has 0 radical (unpaired) electrons. The van der Waals surface area contributed by atoms with Gasteiger partial charge in [-0.15, -0.1) is 0 Å². The Bertz CT molecular complexity index is 331. The summed E-state index contributed by atoms with van der Waals surface area (Å²) in [5.74, 6) is 1.02. The molecule has 1 aliphatic heterocycles. The maximum Gasteiger partial charge on any atom is 0.409 e. The van der Waals surface area contributed by atoms with Crippen LogP contribution in [0.2, 0.25) is 0 Å². The number of nitrogens with zero attached hydrogens (tertiary/aromatic N) is 2. The van der Waals surface area contributed by atoms with E-state index in [1.807, 2.05) is 18.7 Å². The fourth-order valence-electron chi connectivity index (χ4n) is 2.85. The third-order valence-electron chi connectivity index (χ3n) is 4.50. The van der Waals surface area contributed by atoms with Crippen LogP contribution >= 0.6 is 0 Å². The molecule has 0 aromatic heterocycles. The zero-order valence-corrected chi connectivity index (χ0v) is 15.7. The van der Waals surface area contributed by atoms with Gasteiger partial charge in [-0.3, -0.25) is 4.90 Å². The fraction of sp³-hybridized carbons (Fsp3) is 0.944. The quantitative estimate of drug-likeness (QED) is 0.582. The van der Waals surface area contributed by atoms with Crippen LogP contribution in [0.25, 0.3) is 0 Å². The van der Waals surface area contributed by atoms with E-state index in [1.165, 1.54) is 0 Å². The second-order valence-corrected chi connectivity index (χ2v) is 6.96. The normalized spacial score (nSPS) is 16.2. The van der Waals surface area contributed by atoms with Gasteiger partial charge >= 0.3 is 6.09 Å². The van der Waals surface area contributed by atoms with E-state index in [9.17, 15) is 4.79 Å². The molecule has 0 aromatic carbocycles. The summed E-state index contributed by atoms with van der Waals surface area (Å²) in [6.07, 6.45) is 2.96. The number of piperidine rings is 1. The molecule has 0 bridgehead atoms. The van der Waals surface area contributed by atoms with Gasteiger partial charge in [0, 0.05) is 32.8 Å². The van der Waals surface area contributed by atoms with Gasteiger partial charge in [-0.2, -0.15) is 0 Å². The first-order valence-electron chi connectivity index (χ1n) is 9.39. The van der Waals surface area contributed by atoms with Gasteiger partial charge in [-0.05, 0) is 37.6 Å². The Balaban J connectivity index is 2.06. The molecular formula is C18H36N2O4. The van der Waals surface area contributed by atoms with Crippen molar-refractivity contribution in [2.24, 2.45) is 11.8 Å². The topological polar surface area (TPSA) is 62.2 Å². The van der Waals surface area contributed by atoms with Crippen molar-refractivity contribution in [2.45, 2.75) is 40.0 Å². The summed E-state index contributed by atoms with van der Waals surface area (Å²) in [4.78, 5) is 15.9. The molecule has 0 atom stereocenters. The SMILES string of the molecule is CCN(CCO)CCOCCC1CCN(C(=O)OCC(C)C)CC1. The van der Waals surface area contributed by atoms with Gasteiger partial charge in [0.1, 0.15) is 0 Å². The second kappa shape index (κ2) is 12.5. The largest absolute Gasteiger partial charge is 0.449 e. The summed E-state index contributed by atoms with van der Waals surface area (Å²) in [5, 5.41) is 8.94. The third kappa shape index (κ3) is 8.85. The summed E-state index contributed by atoms with van der Waals surface area (Å²) in [6.45, 7) is 12.5. The number of aliphatic hydroxyl groups excluding tert-OH is 1. The number of carbonyl (C=O) groups is 1. The lowest BCUT2D eigenvalue weighted by Crippen LogP contribution is -2.39. The molecule has 1 N–H and O–H groups in total. The highest BCUT2D eigenvalue weighted by atomic mass is 16.6. The summed E-state index contributed by atoms with van der Waals surface area (Å²) < 4.78 is 11.0. The van der Waals surface area contributed by atoms with E-state index in [2.05, 4.69) is 11.8 Å². The molecule has 1 rings (SSSR count). The Kier molecular flexibility index (Phi) is 11.0. The predicted octanol–water partition coefficient (Wildman–Crippen LogP) is 2.21. The molecule has 0 aliphatic carbocycles. The molecule has 6 nitrogen and oxygen atoms in total. The lowest BCUT2D eigenvalue weighted by Gasteiger charge is -2.31. The van der Waals surface area contributed by atoms with Gasteiger partial charge in [-0.25, -0.2) is 4.79 Å². The molecule has 1 aliphatic rings. The van der Waals surface area contributed by atoms with Gasteiger partial charge < -0.3 is 19.5 Å². The van der Waals surface area contributed by atoms with Gasteiger partial charge in [0.25, 0.3) is 0 Å². The summed E-state index contributed by atoms with van der Waals surface area (Å²) in [6, 6.07) is 0. The van der Waals surface area contributed by atoms with Crippen molar-refractivity contribution in [3.8, 4) is 0 Å². The maximum atomic E-state index is 11.9. The average Bonchev–Trinajstić information content (AvgIpc) is 2.58. The maximum absolute atomic E-state index is 11.9. The molecule has 1 fully saturated rings. The van der Waals surface area contributed by atoms with E-state index in [-0.39, 0.29) is 12.7 Å². The van der Waals surface area contributed by atoms with Gasteiger partial charge in [0.05, 0.1) is 19.8 Å². The molecular weight excluding hydrogens is 308 g/mol. The van der Waals surface area contributed by atoms with Gasteiger partial charge in [0.2, 0.25) is 0 Å². The van der Waals surface area contributed by atoms with Gasteiger partial charge in [0.15, 0.2) is 0 Å². The highest BCUT2D eigenvalue weighted by molar-refractivity contribution is 5.67. The summed E-state index contributed by atoms with van der Waals surface area (Å²) >= 11 is 0. The van der Waals surface area contributed by atoms with Crippen LogP contribution in [0, 0.1) is 11.8 Å². The van der Waals surface area contributed by atoms with E-state index in [4.69, 9.17) is 14.6 Å². The molecule has 1 saturated heterocycles. The number of hydrogen-bond acceptors (Lipinski definition) is 5. The molecule has 1 amide bonds. The lowest BCUT2D eigenvalue weighted by atomic mass is 9.94. The molecule has 24 heavy (non-hydrogen) atoms. The number of likely N-dealkylation sites (tertiary alicyclic amines) is 1. The number of rotatable bonds is 11. The van der Waals surface area contributed by atoms with Crippen molar-refractivity contribution in [3.05, 3.63) is 0 Å². The van der Waals surface area contributed by atoms with Crippen molar-refractivity contribution in [1.29, 1.82) is 0 Å². The minimum Gasteiger partial charge on any atom is -0.449 e. The van der Waals surface area contributed by atoms with Crippen LogP contribution in [0.5, 0.6) is 0 Å². The van der Waals surface area contributed by atoms with E-state index in [0.29, 0.717) is 31.6 Å². The molecule has 6 heteroatoms. The zero-order chi connectivity index (χ0) is 17.8. The van der Waals surface area contributed by atoms with Crippen LogP contribution in [0.15, 0.2) is 0 Å². The first-order valence-corrected chi connectivity index (χ1v) is 9.39. The molecule has 0 aromatic rings. The van der Waals surface area contributed by atoms with Gasteiger partial charge in [-0.1, -0.05) is 20.8 Å². The Labute approximate surface area is 147 Å². The highest BCUT2D eigenvalue weighted by Gasteiger charge is 2.23. The Hall–Kier alpha value is -0.850. The monoisotopic (exact) mass is 344 g/mol. The van der Waals surface area contributed by atoms with Crippen molar-refractivity contribution in [2.75, 3.05) is 59.2 Å². The van der Waals surface area contributed by atoms with Crippen LogP contribution in [-0.2, 0) is 9.47 Å². The smallest absolute Gasteiger partial charge is 0.409 e. The fourth-order valence-corrected chi connectivity index (χ4v) is 2.85. The summed E-state index contributed by atoms with van der Waals surface area (Å²) in [5.41, 5.74) is 0. The summed E-state index contributed by atoms with van der Waals surface area (Å²) in [7, 11) is 0. The molecule has 0 unspecified atom stereocenters. The minimum atomic E-state index is -0.165. The Morgan fingerprint density at radius 2 is 1.96 bits per heavy atom. The van der Waals surface area contributed by atoms with Crippen LogP contribution in [-0.4, -0.2) is 80.2 Å². The number of carbonyl (C=O) groups excluding carboxylic acids is 1. The van der Waals surface area contributed by atoms with Crippen LogP contribution < -0.4 is 0 Å². The first-order chi connectivity index (χ1) is 11.6. The van der Waals surface area contributed by atoms with E-state index in [1.54, 1.807) is 0 Å². The number of amides is 1. The van der Waals surface area contributed by atoms with Crippen molar-refractivity contribution < 1.29 is 19.4 Å². The first kappa shape index (κ1) is 21.2. The Morgan fingerprint density at radius 3 is 2.54 bits per heavy atom. The molecule has 142 valence electrons. The van der Waals surface area contributed by atoms with Crippen LogP contribution in [0.4, 0.5) is 4.79 Å². The number of hydrogen-bond donors (Lipinski definition) is 1. The highest BCUT2D eigenvalue weighted by Crippen LogP contribution is 2.21. The molecule has 0 spiro atoms. The third-order valence-corrected chi connectivity index (χ3v) is 4.50. The average molecular weight is 344 g/mol. The standard InChI is InChI=1S/C18H36N2O4/c1-4-19(10-12-21)11-14-23-13-7-17-5-8-20(9-6-17)18(22)24-15-16(2)3/h16-17,21H,4-15H2,1-3H3. The Morgan fingerprint density at radius 1 is 1.25 bits per heavy atom. The van der Waals surface area contributed by atoms with E-state index < -0.39 is 0 Å². The predicted molar refractivity (Wildman–Crippen MR) is 95.1 cm³/mol. The van der Waals surface area contributed by atoms with Crippen LogP contribution in [0.1, 0.15) is 40.0 Å². The van der Waals surface area contributed by atoms with Crippen molar-refractivity contribution >= 4 is 6.09 Å². The number of likely N-dealkylation sites (N-methyl/N-ethyl adjacent to an activating group) is 1.